The lowest BCUT2D eigenvalue weighted by Gasteiger charge is -2.20. The number of aromatic amines is 1. The van der Waals surface area contributed by atoms with Crippen LogP contribution in [0.3, 0.4) is 0 Å². The van der Waals surface area contributed by atoms with E-state index in [2.05, 4.69) is 25.4 Å². The van der Waals surface area contributed by atoms with Crippen molar-refractivity contribution in [2.75, 3.05) is 0 Å². The molecule has 23 heavy (non-hydrogen) atoms. The van der Waals surface area contributed by atoms with Gasteiger partial charge in [0.1, 0.15) is 0 Å². The summed E-state index contributed by atoms with van der Waals surface area (Å²) in [6.07, 6.45) is 3.40. The first-order valence-electron chi connectivity index (χ1n) is 7.18. The first kappa shape index (κ1) is 15.0. The van der Waals surface area contributed by atoms with Crippen molar-refractivity contribution in [1.29, 1.82) is 0 Å². The Labute approximate surface area is 133 Å². The Morgan fingerprint density at radius 2 is 1.91 bits per heavy atom. The van der Waals surface area contributed by atoms with Crippen LogP contribution in [0.1, 0.15) is 26.6 Å². The smallest absolute Gasteiger partial charge is 0.258 e. The van der Waals surface area contributed by atoms with Gasteiger partial charge >= 0.3 is 0 Å². The first-order valence-corrected chi connectivity index (χ1v) is 7.18. The number of H-pyrrole nitrogens is 1. The monoisotopic (exact) mass is 311 g/mol. The van der Waals surface area contributed by atoms with Gasteiger partial charge in [0.2, 0.25) is 5.91 Å². The van der Waals surface area contributed by atoms with Crippen molar-refractivity contribution >= 4 is 5.91 Å². The maximum Gasteiger partial charge on any atom is 0.258 e. The van der Waals surface area contributed by atoms with E-state index in [0.29, 0.717) is 11.7 Å². The molecule has 118 valence electrons. The molecule has 0 atom stereocenters. The molecule has 0 saturated carbocycles. The molecule has 0 fully saturated rings. The number of hydrogen-bond acceptors (Lipinski definition) is 5. The molecule has 0 aliphatic carbocycles. The summed E-state index contributed by atoms with van der Waals surface area (Å²) >= 11 is 0. The summed E-state index contributed by atoms with van der Waals surface area (Å²) in [5.74, 6) is 0.695. The van der Waals surface area contributed by atoms with Crippen molar-refractivity contribution in [1.82, 2.24) is 25.4 Å². The molecule has 0 aliphatic heterocycles. The van der Waals surface area contributed by atoms with E-state index in [1.165, 1.54) is 6.92 Å². The Morgan fingerprint density at radius 3 is 2.52 bits per heavy atom. The quantitative estimate of drug-likeness (QED) is 0.771. The van der Waals surface area contributed by atoms with Crippen molar-refractivity contribution in [2.45, 2.75) is 26.3 Å². The molecule has 0 spiro atoms. The first-order chi connectivity index (χ1) is 11.0. The molecule has 2 N–H and O–H groups in total. The number of hydrogen-bond donors (Lipinski definition) is 2. The van der Waals surface area contributed by atoms with Crippen LogP contribution in [0.4, 0.5) is 0 Å². The van der Waals surface area contributed by atoms with Crippen LogP contribution in [0.25, 0.3) is 22.7 Å². The number of rotatable bonds is 4. The second-order valence-corrected chi connectivity index (χ2v) is 5.77. The summed E-state index contributed by atoms with van der Waals surface area (Å²) in [4.78, 5) is 22.7. The number of benzene rings is 1. The van der Waals surface area contributed by atoms with Gasteiger partial charge in [-0.25, -0.2) is 4.98 Å². The van der Waals surface area contributed by atoms with Crippen LogP contribution >= 0.6 is 0 Å². The highest BCUT2D eigenvalue weighted by Gasteiger charge is 2.27. The minimum atomic E-state index is -0.691. The van der Waals surface area contributed by atoms with Gasteiger partial charge in [0, 0.05) is 12.5 Å². The van der Waals surface area contributed by atoms with Crippen LogP contribution in [0.2, 0.25) is 0 Å². The molecule has 0 aliphatic rings. The lowest BCUT2D eigenvalue weighted by molar-refractivity contribution is -0.120. The lowest BCUT2D eigenvalue weighted by atomic mass is 10.1. The van der Waals surface area contributed by atoms with E-state index in [1.54, 1.807) is 12.5 Å². The average Bonchev–Trinajstić information content (AvgIpc) is 3.18. The molecule has 2 aromatic heterocycles. The Hall–Kier alpha value is -2.96. The summed E-state index contributed by atoms with van der Waals surface area (Å²) in [6.45, 7) is 5.10. The predicted octanol–water partition coefficient (Wildman–Crippen LogP) is 2.50. The van der Waals surface area contributed by atoms with Gasteiger partial charge in [-0.3, -0.25) is 4.79 Å². The molecular weight excluding hydrogens is 294 g/mol. The van der Waals surface area contributed by atoms with Gasteiger partial charge in [0.15, 0.2) is 5.82 Å². The Kier molecular flexibility index (Phi) is 3.69. The number of carbonyl (C=O) groups is 1. The van der Waals surface area contributed by atoms with E-state index < -0.39 is 5.54 Å². The third-order valence-corrected chi connectivity index (χ3v) is 3.41. The molecular formula is C16H17N5O2. The van der Waals surface area contributed by atoms with Crippen molar-refractivity contribution in [2.24, 2.45) is 0 Å². The SMILES string of the molecule is CC(=O)NC(C)(C)c1noc(-c2ccc(-c3cnc[nH]3)cc2)n1. The molecule has 2 heterocycles. The van der Waals surface area contributed by atoms with Gasteiger partial charge in [0.25, 0.3) is 5.89 Å². The highest BCUT2D eigenvalue weighted by atomic mass is 16.5. The predicted molar refractivity (Wildman–Crippen MR) is 84.2 cm³/mol. The van der Waals surface area contributed by atoms with Crippen LogP contribution in [0.5, 0.6) is 0 Å². The number of nitrogens with zero attached hydrogens (tertiary/aromatic N) is 3. The lowest BCUT2D eigenvalue weighted by Crippen LogP contribution is -2.40. The molecule has 3 aromatic rings. The Morgan fingerprint density at radius 1 is 1.22 bits per heavy atom. The summed E-state index contributed by atoms with van der Waals surface area (Å²) in [6, 6.07) is 7.70. The minimum Gasteiger partial charge on any atom is -0.345 e. The maximum absolute atomic E-state index is 11.3. The normalized spacial score (nSPS) is 11.4. The summed E-state index contributed by atoms with van der Waals surface area (Å²) in [5.41, 5.74) is 2.08. The van der Waals surface area contributed by atoms with E-state index in [4.69, 9.17) is 4.52 Å². The fourth-order valence-electron chi connectivity index (χ4n) is 2.30. The number of aromatic nitrogens is 4. The summed E-state index contributed by atoms with van der Waals surface area (Å²) in [5, 5.41) is 6.77. The molecule has 1 aromatic carbocycles. The van der Waals surface area contributed by atoms with Gasteiger partial charge < -0.3 is 14.8 Å². The molecule has 7 nitrogen and oxygen atoms in total. The van der Waals surface area contributed by atoms with Gasteiger partial charge in [-0.2, -0.15) is 4.98 Å². The Bertz CT molecular complexity index is 803. The largest absolute Gasteiger partial charge is 0.345 e. The molecule has 0 unspecified atom stereocenters. The average molecular weight is 311 g/mol. The summed E-state index contributed by atoms with van der Waals surface area (Å²) < 4.78 is 5.32. The molecule has 0 bridgehead atoms. The van der Waals surface area contributed by atoms with Crippen LogP contribution in [-0.4, -0.2) is 26.0 Å². The zero-order valence-corrected chi connectivity index (χ0v) is 13.1. The Balaban J connectivity index is 1.84. The zero-order valence-electron chi connectivity index (χ0n) is 13.1. The van der Waals surface area contributed by atoms with Gasteiger partial charge in [0.05, 0.1) is 23.8 Å². The zero-order chi connectivity index (χ0) is 16.4. The third-order valence-electron chi connectivity index (χ3n) is 3.41. The van der Waals surface area contributed by atoms with Crippen molar-refractivity contribution in [3.63, 3.8) is 0 Å². The van der Waals surface area contributed by atoms with Gasteiger partial charge in [-0.05, 0) is 31.5 Å². The van der Waals surface area contributed by atoms with E-state index in [-0.39, 0.29) is 5.91 Å². The minimum absolute atomic E-state index is 0.148. The fraction of sp³-hybridized carbons (Fsp3) is 0.250. The molecule has 3 rings (SSSR count). The molecule has 1 amide bonds. The van der Waals surface area contributed by atoms with Crippen LogP contribution in [0.15, 0.2) is 41.3 Å². The van der Waals surface area contributed by atoms with Gasteiger partial charge in [-0.15, -0.1) is 0 Å². The number of amides is 1. The fourth-order valence-corrected chi connectivity index (χ4v) is 2.30. The van der Waals surface area contributed by atoms with Gasteiger partial charge in [-0.1, -0.05) is 17.3 Å². The van der Waals surface area contributed by atoms with Crippen LogP contribution in [0, 0.1) is 0 Å². The second-order valence-electron chi connectivity index (χ2n) is 5.77. The van der Waals surface area contributed by atoms with Crippen molar-refractivity contribution < 1.29 is 9.32 Å². The molecule has 0 radical (unpaired) electrons. The molecule has 7 heteroatoms. The topological polar surface area (TPSA) is 96.7 Å². The van der Waals surface area contributed by atoms with E-state index in [0.717, 1.165) is 16.8 Å². The maximum atomic E-state index is 11.3. The molecule has 0 saturated heterocycles. The number of imidazole rings is 1. The second kappa shape index (κ2) is 5.68. The standard InChI is InChI=1S/C16H17N5O2/c1-10(22)20-16(2,3)15-19-14(23-21-15)12-6-4-11(5-7-12)13-8-17-9-18-13/h4-9H,1-3H3,(H,17,18)(H,20,22). The number of carbonyl (C=O) groups excluding carboxylic acids is 1. The highest BCUT2D eigenvalue weighted by molar-refractivity contribution is 5.73. The van der Waals surface area contributed by atoms with Crippen LogP contribution in [-0.2, 0) is 10.3 Å². The van der Waals surface area contributed by atoms with Crippen LogP contribution < -0.4 is 5.32 Å². The van der Waals surface area contributed by atoms with Crippen molar-refractivity contribution in [3.05, 3.63) is 42.6 Å². The van der Waals surface area contributed by atoms with E-state index in [1.807, 2.05) is 38.1 Å². The van der Waals surface area contributed by atoms with E-state index in [9.17, 15) is 4.79 Å². The highest BCUT2D eigenvalue weighted by Crippen LogP contribution is 2.25. The third kappa shape index (κ3) is 3.13. The van der Waals surface area contributed by atoms with E-state index >= 15 is 0 Å². The van der Waals surface area contributed by atoms with Crippen molar-refractivity contribution in [3.8, 4) is 22.7 Å². The number of nitrogens with one attached hydrogen (secondary N) is 2. The summed E-state index contributed by atoms with van der Waals surface area (Å²) in [7, 11) is 0.